The maximum Gasteiger partial charge on any atom is 0.170 e. The van der Waals surface area contributed by atoms with Crippen molar-refractivity contribution < 1.29 is 14.3 Å². The summed E-state index contributed by atoms with van der Waals surface area (Å²) in [5.41, 5.74) is 9.68. The van der Waals surface area contributed by atoms with Gasteiger partial charge in [-0.3, -0.25) is 9.78 Å². The number of fused-ring (bicyclic) bond motifs is 1. The number of Topliss-reactive ketones (excluding diaryl/α,β-unsaturated/α-hetero) is 1. The van der Waals surface area contributed by atoms with Gasteiger partial charge in [0, 0.05) is 36.8 Å². The first kappa shape index (κ1) is 28.0. The predicted molar refractivity (Wildman–Crippen MR) is 157 cm³/mol. The maximum absolute atomic E-state index is 14.3. The quantitative estimate of drug-likeness (QED) is 0.228. The summed E-state index contributed by atoms with van der Waals surface area (Å²) in [6.45, 7) is 1.68. The maximum atomic E-state index is 14.3. The van der Waals surface area contributed by atoms with E-state index in [1.165, 1.54) is 12.1 Å². The molecule has 4 aromatic rings. The Bertz CT molecular complexity index is 1540. The van der Waals surface area contributed by atoms with Crippen LogP contribution < -0.4 is 16.0 Å². The molecule has 8 nitrogen and oxygen atoms in total. The van der Waals surface area contributed by atoms with E-state index < -0.39 is 11.6 Å². The van der Waals surface area contributed by atoms with Gasteiger partial charge >= 0.3 is 0 Å². The Morgan fingerprint density at radius 3 is 2.60 bits per heavy atom. The van der Waals surface area contributed by atoms with Gasteiger partial charge in [-0.25, -0.2) is 14.4 Å². The summed E-state index contributed by atoms with van der Waals surface area (Å²) >= 11 is 6.02. The molecule has 1 aliphatic heterocycles. The number of hydrogen-bond donors (Lipinski definition) is 3. The molecule has 11 heteroatoms. The van der Waals surface area contributed by atoms with Gasteiger partial charge in [-0.1, -0.05) is 18.0 Å². The highest BCUT2D eigenvalue weighted by atomic mass is 35.5. The molecule has 2 aliphatic rings. The summed E-state index contributed by atoms with van der Waals surface area (Å²) in [5.74, 6) is -0.614. The van der Waals surface area contributed by atoms with Crippen LogP contribution in [0, 0.1) is 11.7 Å². The molecule has 208 valence electrons. The summed E-state index contributed by atoms with van der Waals surface area (Å²) in [7, 11) is 0. The number of aromatic hydroxyl groups is 1. The van der Waals surface area contributed by atoms with Crippen molar-refractivity contribution in [1.29, 1.82) is 0 Å². The average molecular weight is 583 g/mol. The van der Waals surface area contributed by atoms with Crippen LogP contribution in [0.15, 0.2) is 48.8 Å². The van der Waals surface area contributed by atoms with Crippen molar-refractivity contribution in [2.45, 2.75) is 38.1 Å². The van der Waals surface area contributed by atoms with E-state index in [0.29, 0.717) is 39.2 Å². The van der Waals surface area contributed by atoms with Crippen molar-refractivity contribution in [2.24, 2.45) is 11.7 Å². The number of ketones is 1. The zero-order valence-corrected chi connectivity index (χ0v) is 23.2. The van der Waals surface area contributed by atoms with E-state index in [4.69, 9.17) is 22.3 Å². The number of piperidine rings is 1. The number of benzene rings is 1. The number of carbonyl (C=O) groups excluding carboxylic acids is 1. The molecule has 0 spiro atoms. The smallest absolute Gasteiger partial charge is 0.170 e. The molecule has 6 rings (SSSR count). The standard InChI is InChI=1S/C29H28ClFN6O2.ClH/c30-21-11-17(12-22(31)29(21)39)23-7-8-24-27(36-23)26(20(14-33-24)28(38)16-3-1-4-16)35-19-6-9-25(34-13-19)37-10-2-5-18(32)15-37;/h6-9,11-14,16,18,39H,1-5,10,15,32H2,(H,33,35);1H/t18-;/m0./s1. The Labute approximate surface area is 242 Å². The third-order valence-electron chi connectivity index (χ3n) is 7.57. The minimum Gasteiger partial charge on any atom is -0.504 e. The fourth-order valence-electron chi connectivity index (χ4n) is 5.15. The van der Waals surface area contributed by atoms with Gasteiger partial charge in [0.25, 0.3) is 0 Å². The highest BCUT2D eigenvalue weighted by Crippen LogP contribution is 2.37. The normalized spacial score (nSPS) is 17.3. The van der Waals surface area contributed by atoms with Gasteiger partial charge in [-0.15, -0.1) is 12.4 Å². The number of pyridine rings is 3. The van der Waals surface area contributed by atoms with E-state index >= 15 is 0 Å². The van der Waals surface area contributed by atoms with Crippen LogP contribution >= 0.6 is 24.0 Å². The number of phenols is 1. The van der Waals surface area contributed by atoms with Gasteiger partial charge in [-0.2, -0.15) is 0 Å². The van der Waals surface area contributed by atoms with Crippen LogP contribution in [0.4, 0.5) is 21.6 Å². The third kappa shape index (κ3) is 5.41. The molecule has 4 N–H and O–H groups in total. The third-order valence-corrected chi connectivity index (χ3v) is 7.85. The van der Waals surface area contributed by atoms with Crippen LogP contribution in [-0.4, -0.2) is 45.0 Å². The Hall–Kier alpha value is -3.53. The molecule has 0 radical (unpaired) electrons. The minimum absolute atomic E-state index is 0. The molecule has 1 atom stereocenters. The van der Waals surface area contributed by atoms with Gasteiger partial charge in [0.15, 0.2) is 17.3 Å². The first-order chi connectivity index (χ1) is 18.9. The van der Waals surface area contributed by atoms with E-state index in [2.05, 4.69) is 20.2 Å². The topological polar surface area (TPSA) is 117 Å². The molecular weight excluding hydrogens is 554 g/mol. The second-order valence-electron chi connectivity index (χ2n) is 10.3. The van der Waals surface area contributed by atoms with Crippen LogP contribution in [-0.2, 0) is 0 Å². The van der Waals surface area contributed by atoms with Gasteiger partial charge < -0.3 is 21.1 Å². The number of aromatic nitrogens is 3. The number of anilines is 3. The van der Waals surface area contributed by atoms with E-state index in [1.54, 1.807) is 24.5 Å². The lowest BCUT2D eigenvalue weighted by atomic mass is 9.80. The van der Waals surface area contributed by atoms with Crippen molar-refractivity contribution in [1.82, 2.24) is 15.0 Å². The molecule has 1 saturated carbocycles. The van der Waals surface area contributed by atoms with Gasteiger partial charge in [0.05, 0.1) is 39.4 Å². The first-order valence-corrected chi connectivity index (χ1v) is 13.5. The summed E-state index contributed by atoms with van der Waals surface area (Å²) in [5, 5.41) is 13.0. The van der Waals surface area contributed by atoms with Gasteiger partial charge in [0.2, 0.25) is 0 Å². The predicted octanol–water partition coefficient (Wildman–Crippen LogP) is 6.27. The molecule has 1 aromatic carbocycles. The molecule has 0 amide bonds. The summed E-state index contributed by atoms with van der Waals surface area (Å²) in [6.07, 6.45) is 8.11. The van der Waals surface area contributed by atoms with Crippen molar-refractivity contribution in [2.75, 3.05) is 23.3 Å². The van der Waals surface area contributed by atoms with E-state index in [9.17, 15) is 14.3 Å². The SMILES string of the molecule is Cl.N[C@H]1CCCN(c2ccc(Nc3c(C(=O)C4CCC4)cnc4ccc(-c5cc(F)c(O)c(Cl)c5)nc34)cn2)C1. The highest BCUT2D eigenvalue weighted by Gasteiger charge is 2.29. The molecular formula is C29H29Cl2FN6O2. The van der Waals surface area contributed by atoms with Crippen molar-refractivity contribution in [3.63, 3.8) is 0 Å². The monoisotopic (exact) mass is 582 g/mol. The molecule has 0 bridgehead atoms. The number of nitrogens with zero attached hydrogens (tertiary/aromatic N) is 4. The molecule has 40 heavy (non-hydrogen) atoms. The second-order valence-corrected chi connectivity index (χ2v) is 10.7. The number of nitrogens with one attached hydrogen (secondary N) is 1. The summed E-state index contributed by atoms with van der Waals surface area (Å²) in [6, 6.07) is 10.1. The molecule has 4 heterocycles. The fourth-order valence-corrected chi connectivity index (χ4v) is 5.36. The number of hydrogen-bond acceptors (Lipinski definition) is 8. The number of nitrogens with two attached hydrogens (primary N) is 1. The van der Waals surface area contributed by atoms with Gasteiger partial charge in [-0.05, 0) is 62.1 Å². The van der Waals surface area contributed by atoms with E-state index in [-0.39, 0.29) is 35.2 Å². The lowest BCUT2D eigenvalue weighted by molar-refractivity contribution is 0.0856. The zero-order valence-electron chi connectivity index (χ0n) is 21.6. The summed E-state index contributed by atoms with van der Waals surface area (Å²) < 4.78 is 14.3. The molecule has 1 aliphatic carbocycles. The number of carbonyl (C=O) groups is 1. The molecule has 2 fully saturated rings. The minimum atomic E-state index is -0.842. The van der Waals surface area contributed by atoms with E-state index in [0.717, 1.165) is 51.0 Å². The Morgan fingerprint density at radius 2 is 1.93 bits per heavy atom. The zero-order chi connectivity index (χ0) is 27.1. The van der Waals surface area contributed by atoms with Gasteiger partial charge in [0.1, 0.15) is 11.3 Å². The van der Waals surface area contributed by atoms with Crippen molar-refractivity contribution in [3.8, 4) is 17.0 Å². The Morgan fingerprint density at radius 1 is 1.10 bits per heavy atom. The van der Waals surface area contributed by atoms with E-state index in [1.807, 2.05) is 12.1 Å². The second kappa shape index (κ2) is 11.5. The molecule has 3 aromatic heterocycles. The van der Waals surface area contributed by atoms with Crippen LogP contribution in [0.5, 0.6) is 5.75 Å². The van der Waals surface area contributed by atoms with Crippen LogP contribution in [0.2, 0.25) is 5.02 Å². The summed E-state index contributed by atoms with van der Waals surface area (Å²) in [4.78, 5) is 29.5. The largest absolute Gasteiger partial charge is 0.504 e. The number of phenolic OH excluding ortho intramolecular Hbond substituents is 1. The Balaban J connectivity index is 0.00000323. The number of rotatable bonds is 6. The lowest BCUT2D eigenvalue weighted by Gasteiger charge is -2.31. The highest BCUT2D eigenvalue weighted by molar-refractivity contribution is 6.32. The average Bonchev–Trinajstić information content (AvgIpc) is 2.90. The van der Waals surface area contributed by atoms with Crippen LogP contribution in [0.25, 0.3) is 22.3 Å². The molecule has 1 saturated heterocycles. The van der Waals surface area contributed by atoms with Crippen LogP contribution in [0.3, 0.4) is 0 Å². The number of halogens is 3. The molecule has 0 unspecified atom stereocenters. The van der Waals surface area contributed by atoms with Crippen LogP contribution in [0.1, 0.15) is 42.5 Å². The Kier molecular flexibility index (Phi) is 8.07. The lowest BCUT2D eigenvalue weighted by Crippen LogP contribution is -2.43. The first-order valence-electron chi connectivity index (χ1n) is 13.1. The fraction of sp³-hybridized carbons (Fsp3) is 0.310. The van der Waals surface area contributed by atoms with Crippen molar-refractivity contribution in [3.05, 3.63) is 65.2 Å². The van der Waals surface area contributed by atoms with Crippen molar-refractivity contribution >= 4 is 58.0 Å².